The molecular formula is C13H14BrN3O. The highest BCUT2D eigenvalue weighted by Gasteiger charge is 2.22. The number of carbonyl (C=O) groups excluding carboxylic acids is 1. The summed E-state index contributed by atoms with van der Waals surface area (Å²) in [7, 11) is 0. The topological polar surface area (TPSA) is 47.8 Å². The molecule has 0 aromatic carbocycles. The summed E-state index contributed by atoms with van der Waals surface area (Å²) in [6.07, 6.45) is 5.84. The van der Waals surface area contributed by atoms with Crippen molar-refractivity contribution in [2.45, 2.75) is 26.3 Å². The van der Waals surface area contributed by atoms with Crippen LogP contribution >= 0.6 is 15.9 Å². The molecule has 0 bridgehead atoms. The van der Waals surface area contributed by atoms with Crippen LogP contribution in [0.4, 0.5) is 0 Å². The van der Waals surface area contributed by atoms with Gasteiger partial charge in [-0.25, -0.2) is 0 Å². The van der Waals surface area contributed by atoms with Crippen molar-refractivity contribution in [2.24, 2.45) is 0 Å². The van der Waals surface area contributed by atoms with E-state index in [0.717, 1.165) is 22.0 Å². The maximum Gasteiger partial charge on any atom is 0.153 e. The highest BCUT2D eigenvalue weighted by atomic mass is 79.9. The van der Waals surface area contributed by atoms with Gasteiger partial charge in [-0.1, -0.05) is 0 Å². The van der Waals surface area contributed by atoms with Gasteiger partial charge in [-0.05, 0) is 42.8 Å². The van der Waals surface area contributed by atoms with E-state index in [1.165, 1.54) is 0 Å². The molecule has 0 fully saturated rings. The minimum absolute atomic E-state index is 0.195. The van der Waals surface area contributed by atoms with Crippen LogP contribution in [0.5, 0.6) is 0 Å². The number of aromatic nitrogens is 3. The van der Waals surface area contributed by atoms with Crippen LogP contribution in [0.2, 0.25) is 0 Å². The molecule has 0 unspecified atom stereocenters. The van der Waals surface area contributed by atoms with Crippen molar-refractivity contribution in [3.8, 4) is 11.3 Å². The fraction of sp³-hybridized carbons (Fsp3) is 0.308. The van der Waals surface area contributed by atoms with Crippen LogP contribution in [-0.4, -0.2) is 21.1 Å². The van der Waals surface area contributed by atoms with Gasteiger partial charge in [0.1, 0.15) is 0 Å². The van der Waals surface area contributed by atoms with Crippen LogP contribution in [-0.2, 0) is 5.54 Å². The molecule has 18 heavy (non-hydrogen) atoms. The molecule has 2 rings (SSSR count). The van der Waals surface area contributed by atoms with Gasteiger partial charge < -0.3 is 0 Å². The Morgan fingerprint density at radius 3 is 2.61 bits per heavy atom. The number of hydrogen-bond acceptors (Lipinski definition) is 3. The molecule has 94 valence electrons. The maximum absolute atomic E-state index is 11.2. The van der Waals surface area contributed by atoms with Gasteiger partial charge in [-0.15, -0.1) is 0 Å². The Labute approximate surface area is 114 Å². The van der Waals surface area contributed by atoms with Crippen LogP contribution in [0.25, 0.3) is 11.3 Å². The number of halogens is 1. The Hall–Kier alpha value is -1.49. The quantitative estimate of drug-likeness (QED) is 0.800. The first-order valence-corrected chi connectivity index (χ1v) is 6.38. The lowest BCUT2D eigenvalue weighted by atomic mass is 10.1. The van der Waals surface area contributed by atoms with E-state index < -0.39 is 0 Å². The number of nitrogens with zero attached hydrogens (tertiary/aromatic N) is 3. The number of aldehydes is 1. The third-order valence-corrected chi connectivity index (χ3v) is 3.22. The standard InChI is InChI=1S/C13H14BrN3O/c1-13(2,3)17-12(9(8-18)6-16-17)10-4-5-15-7-11(10)14/h4-8H,1-3H3. The van der Waals surface area contributed by atoms with Gasteiger partial charge in [-0.2, -0.15) is 5.10 Å². The lowest BCUT2D eigenvalue weighted by Gasteiger charge is -2.23. The van der Waals surface area contributed by atoms with Gasteiger partial charge in [0.05, 0.1) is 23.0 Å². The normalized spacial score (nSPS) is 11.6. The van der Waals surface area contributed by atoms with Crippen molar-refractivity contribution in [3.63, 3.8) is 0 Å². The average Bonchev–Trinajstić information content (AvgIpc) is 2.72. The minimum Gasteiger partial charge on any atom is -0.298 e. The summed E-state index contributed by atoms with van der Waals surface area (Å²) in [6.45, 7) is 6.15. The van der Waals surface area contributed by atoms with E-state index in [2.05, 4.69) is 26.0 Å². The zero-order valence-electron chi connectivity index (χ0n) is 10.5. The van der Waals surface area contributed by atoms with Crippen molar-refractivity contribution in [1.29, 1.82) is 0 Å². The molecule has 0 aliphatic carbocycles. The van der Waals surface area contributed by atoms with E-state index >= 15 is 0 Å². The smallest absolute Gasteiger partial charge is 0.153 e. The SMILES string of the molecule is CC(C)(C)n1ncc(C=O)c1-c1ccncc1Br. The molecule has 5 heteroatoms. The van der Waals surface area contributed by atoms with E-state index in [4.69, 9.17) is 0 Å². The van der Waals surface area contributed by atoms with Crippen molar-refractivity contribution in [2.75, 3.05) is 0 Å². The first-order chi connectivity index (χ1) is 8.45. The predicted octanol–water partition coefficient (Wildman–Crippen LogP) is 3.28. The zero-order chi connectivity index (χ0) is 13.3. The molecule has 0 aliphatic rings. The summed E-state index contributed by atoms with van der Waals surface area (Å²) in [5.41, 5.74) is 2.11. The largest absolute Gasteiger partial charge is 0.298 e. The first-order valence-electron chi connectivity index (χ1n) is 5.58. The summed E-state index contributed by atoms with van der Waals surface area (Å²) < 4.78 is 2.70. The summed E-state index contributed by atoms with van der Waals surface area (Å²) in [4.78, 5) is 15.2. The second kappa shape index (κ2) is 4.65. The lowest BCUT2D eigenvalue weighted by Crippen LogP contribution is -2.24. The molecule has 2 heterocycles. The second-order valence-corrected chi connectivity index (χ2v) is 5.86. The number of hydrogen-bond donors (Lipinski definition) is 0. The van der Waals surface area contributed by atoms with Crippen LogP contribution in [0.3, 0.4) is 0 Å². The van der Waals surface area contributed by atoms with Gasteiger partial charge >= 0.3 is 0 Å². The van der Waals surface area contributed by atoms with E-state index in [1.54, 1.807) is 18.6 Å². The molecule has 0 spiro atoms. The van der Waals surface area contributed by atoms with Gasteiger partial charge in [-0.3, -0.25) is 14.5 Å². The molecular weight excluding hydrogens is 294 g/mol. The molecule has 0 saturated carbocycles. The zero-order valence-corrected chi connectivity index (χ0v) is 12.1. The van der Waals surface area contributed by atoms with Crippen LogP contribution < -0.4 is 0 Å². The lowest BCUT2D eigenvalue weighted by molar-refractivity contribution is 0.112. The molecule has 0 radical (unpaired) electrons. The highest BCUT2D eigenvalue weighted by molar-refractivity contribution is 9.10. The van der Waals surface area contributed by atoms with Crippen molar-refractivity contribution < 1.29 is 4.79 Å². The van der Waals surface area contributed by atoms with Gasteiger partial charge in [0.15, 0.2) is 6.29 Å². The Morgan fingerprint density at radius 2 is 2.06 bits per heavy atom. The van der Waals surface area contributed by atoms with Crippen molar-refractivity contribution in [3.05, 3.63) is 34.7 Å². The summed E-state index contributed by atoms with van der Waals surface area (Å²) in [6, 6.07) is 1.87. The molecule has 2 aromatic rings. The van der Waals surface area contributed by atoms with E-state index in [1.807, 2.05) is 31.5 Å². The fourth-order valence-corrected chi connectivity index (χ4v) is 2.23. The molecule has 0 N–H and O–H groups in total. The summed E-state index contributed by atoms with van der Waals surface area (Å²) in [5.74, 6) is 0. The highest BCUT2D eigenvalue weighted by Crippen LogP contribution is 2.32. The predicted molar refractivity (Wildman–Crippen MR) is 73.5 cm³/mol. The number of carbonyl (C=O) groups is 1. The Kier molecular flexibility index (Phi) is 3.34. The van der Waals surface area contributed by atoms with Crippen LogP contribution in [0.15, 0.2) is 29.1 Å². The monoisotopic (exact) mass is 307 g/mol. The van der Waals surface area contributed by atoms with Gasteiger partial charge in [0.2, 0.25) is 0 Å². The first kappa shape index (κ1) is 13.0. The Bertz CT molecular complexity index is 584. The van der Waals surface area contributed by atoms with E-state index in [9.17, 15) is 4.79 Å². The molecule has 0 saturated heterocycles. The van der Waals surface area contributed by atoms with Gasteiger partial charge in [0.25, 0.3) is 0 Å². The molecule has 0 amide bonds. The second-order valence-electron chi connectivity index (χ2n) is 5.00. The van der Waals surface area contributed by atoms with Crippen LogP contribution in [0, 0.1) is 0 Å². The van der Waals surface area contributed by atoms with Crippen molar-refractivity contribution in [1.82, 2.24) is 14.8 Å². The minimum atomic E-state index is -0.195. The summed E-state index contributed by atoms with van der Waals surface area (Å²) >= 11 is 3.46. The van der Waals surface area contributed by atoms with Gasteiger partial charge in [0, 0.05) is 22.4 Å². The molecule has 4 nitrogen and oxygen atoms in total. The molecule has 2 aromatic heterocycles. The molecule has 0 aliphatic heterocycles. The Morgan fingerprint density at radius 1 is 1.33 bits per heavy atom. The maximum atomic E-state index is 11.2. The number of rotatable bonds is 2. The van der Waals surface area contributed by atoms with Crippen molar-refractivity contribution >= 4 is 22.2 Å². The third kappa shape index (κ3) is 2.22. The average molecular weight is 308 g/mol. The fourth-order valence-electron chi connectivity index (χ4n) is 1.79. The van der Waals surface area contributed by atoms with Crippen LogP contribution in [0.1, 0.15) is 31.1 Å². The van der Waals surface area contributed by atoms with E-state index in [0.29, 0.717) is 5.56 Å². The van der Waals surface area contributed by atoms with E-state index in [-0.39, 0.29) is 5.54 Å². The Balaban J connectivity index is 2.73. The molecule has 0 atom stereocenters. The summed E-state index contributed by atoms with van der Waals surface area (Å²) in [5, 5.41) is 4.32. The third-order valence-electron chi connectivity index (χ3n) is 2.59. The number of pyridine rings is 1.